The minimum absolute atomic E-state index is 0.430. The molecule has 1 aromatic rings. The maximum atomic E-state index is 5.45. The van der Waals surface area contributed by atoms with Crippen LogP contribution in [-0.4, -0.2) is 29.5 Å². The molecule has 3 rings (SSSR count). The van der Waals surface area contributed by atoms with E-state index in [1.165, 1.54) is 28.7 Å². The number of nitrogens with zero attached hydrogens (tertiary/aromatic N) is 2. The summed E-state index contributed by atoms with van der Waals surface area (Å²) in [5, 5.41) is 8.26. The van der Waals surface area contributed by atoms with Gasteiger partial charge in [-0.25, -0.2) is 0 Å². The van der Waals surface area contributed by atoms with Gasteiger partial charge in [0.05, 0.1) is 21.9 Å². The summed E-state index contributed by atoms with van der Waals surface area (Å²) in [5.41, 5.74) is 2.54. The van der Waals surface area contributed by atoms with E-state index >= 15 is 0 Å². The largest absolute Gasteiger partial charge is 0.381 e. The van der Waals surface area contributed by atoms with Gasteiger partial charge in [-0.3, -0.25) is 4.68 Å². The fraction of sp³-hybridized carbons (Fsp3) is 0.769. The van der Waals surface area contributed by atoms with Crippen LogP contribution in [0, 0.1) is 0 Å². The lowest BCUT2D eigenvalue weighted by Crippen LogP contribution is -2.17. The first-order valence-electron chi connectivity index (χ1n) is 6.81. The molecule has 1 atom stereocenters. The molecule has 0 aromatic carbocycles. The van der Waals surface area contributed by atoms with Crippen LogP contribution in [0.4, 0.5) is 0 Å². The van der Waals surface area contributed by atoms with Gasteiger partial charge in [-0.15, -0.1) is 0 Å². The van der Waals surface area contributed by atoms with Crippen LogP contribution in [0.15, 0.2) is 4.47 Å². The SMILES string of the molecule is Cn1nc(C2CCCN2)c(Br)c1C1CCOCC1. The molecule has 0 bridgehead atoms. The van der Waals surface area contributed by atoms with Crippen LogP contribution < -0.4 is 5.32 Å². The predicted molar refractivity (Wildman–Crippen MR) is 73.7 cm³/mol. The van der Waals surface area contributed by atoms with Crippen molar-refractivity contribution in [2.75, 3.05) is 19.8 Å². The lowest BCUT2D eigenvalue weighted by atomic mass is 9.95. The lowest BCUT2D eigenvalue weighted by Gasteiger charge is -2.22. The first-order chi connectivity index (χ1) is 8.77. The molecule has 1 N–H and O–H groups in total. The first-order valence-corrected chi connectivity index (χ1v) is 7.60. The molecule has 18 heavy (non-hydrogen) atoms. The van der Waals surface area contributed by atoms with Gasteiger partial charge in [0.15, 0.2) is 0 Å². The van der Waals surface area contributed by atoms with Crippen molar-refractivity contribution in [3.63, 3.8) is 0 Å². The number of aromatic nitrogens is 2. The van der Waals surface area contributed by atoms with Gasteiger partial charge in [0.2, 0.25) is 0 Å². The van der Waals surface area contributed by atoms with Crippen molar-refractivity contribution < 1.29 is 4.74 Å². The molecule has 5 heteroatoms. The zero-order valence-corrected chi connectivity index (χ0v) is 12.4. The highest BCUT2D eigenvalue weighted by molar-refractivity contribution is 9.10. The zero-order valence-electron chi connectivity index (χ0n) is 10.8. The molecule has 1 unspecified atom stereocenters. The molecule has 1 aromatic heterocycles. The van der Waals surface area contributed by atoms with Gasteiger partial charge in [-0.1, -0.05) is 0 Å². The second-order valence-corrected chi connectivity index (χ2v) is 6.04. The molecule has 0 radical (unpaired) electrons. The van der Waals surface area contributed by atoms with Crippen molar-refractivity contribution >= 4 is 15.9 Å². The summed E-state index contributed by atoms with van der Waals surface area (Å²) in [4.78, 5) is 0. The average molecular weight is 314 g/mol. The third kappa shape index (κ3) is 2.24. The molecule has 2 saturated heterocycles. The highest BCUT2D eigenvalue weighted by atomic mass is 79.9. The Bertz CT molecular complexity index is 420. The average Bonchev–Trinajstić information content (AvgIpc) is 2.99. The van der Waals surface area contributed by atoms with Crippen molar-refractivity contribution in [3.05, 3.63) is 15.9 Å². The second-order valence-electron chi connectivity index (χ2n) is 5.24. The Morgan fingerprint density at radius 1 is 1.33 bits per heavy atom. The number of aryl methyl sites for hydroxylation is 1. The number of hydrogen-bond acceptors (Lipinski definition) is 3. The van der Waals surface area contributed by atoms with Crippen LogP contribution in [0.2, 0.25) is 0 Å². The van der Waals surface area contributed by atoms with E-state index in [0.717, 1.165) is 32.6 Å². The molecule has 0 spiro atoms. The normalized spacial score (nSPS) is 25.8. The van der Waals surface area contributed by atoms with E-state index in [1.54, 1.807) is 0 Å². The fourth-order valence-electron chi connectivity index (χ4n) is 3.09. The summed E-state index contributed by atoms with van der Waals surface area (Å²) in [7, 11) is 2.06. The molecule has 2 aliphatic rings. The number of ether oxygens (including phenoxy) is 1. The summed E-state index contributed by atoms with van der Waals surface area (Å²) in [6.45, 7) is 2.86. The van der Waals surface area contributed by atoms with Crippen LogP contribution in [-0.2, 0) is 11.8 Å². The summed E-state index contributed by atoms with van der Waals surface area (Å²) in [6.07, 6.45) is 4.66. The number of rotatable bonds is 2. The third-order valence-electron chi connectivity index (χ3n) is 4.05. The van der Waals surface area contributed by atoms with Gasteiger partial charge in [-0.05, 0) is 48.2 Å². The van der Waals surface area contributed by atoms with Gasteiger partial charge in [0, 0.05) is 26.2 Å². The first kappa shape index (κ1) is 12.6. The molecule has 0 aliphatic carbocycles. The second kappa shape index (κ2) is 5.31. The molecular weight excluding hydrogens is 294 g/mol. The number of halogens is 1. The maximum Gasteiger partial charge on any atom is 0.0938 e. The molecule has 0 saturated carbocycles. The molecule has 0 amide bonds. The van der Waals surface area contributed by atoms with Crippen molar-refractivity contribution in [1.29, 1.82) is 0 Å². The highest BCUT2D eigenvalue weighted by Gasteiger charge is 2.28. The Kier molecular flexibility index (Phi) is 3.73. The van der Waals surface area contributed by atoms with E-state index in [-0.39, 0.29) is 0 Å². The lowest BCUT2D eigenvalue weighted by molar-refractivity contribution is 0.0836. The van der Waals surface area contributed by atoms with Gasteiger partial charge in [0.25, 0.3) is 0 Å². The Morgan fingerprint density at radius 2 is 2.11 bits per heavy atom. The van der Waals surface area contributed by atoms with Crippen LogP contribution in [0.1, 0.15) is 49.0 Å². The monoisotopic (exact) mass is 313 g/mol. The standard InChI is InChI=1S/C13H20BrN3O/c1-17-13(9-4-7-18-8-5-9)11(14)12(16-17)10-3-2-6-15-10/h9-10,15H,2-8H2,1H3. The molecule has 100 valence electrons. The fourth-order valence-corrected chi connectivity index (χ4v) is 4.02. The molecule has 2 aliphatic heterocycles. The topological polar surface area (TPSA) is 39.1 Å². The molecular formula is C13H20BrN3O. The van der Waals surface area contributed by atoms with E-state index in [9.17, 15) is 0 Å². The van der Waals surface area contributed by atoms with Crippen LogP contribution in [0.3, 0.4) is 0 Å². The van der Waals surface area contributed by atoms with Gasteiger partial charge >= 0.3 is 0 Å². The molecule has 2 fully saturated rings. The van der Waals surface area contributed by atoms with Gasteiger partial charge < -0.3 is 10.1 Å². The van der Waals surface area contributed by atoms with Gasteiger partial charge in [-0.2, -0.15) is 5.10 Å². The zero-order chi connectivity index (χ0) is 12.5. The molecule has 3 heterocycles. The summed E-state index contributed by atoms with van der Waals surface area (Å²) in [6, 6.07) is 0.430. The van der Waals surface area contributed by atoms with E-state index < -0.39 is 0 Å². The van der Waals surface area contributed by atoms with Crippen molar-refractivity contribution in [2.24, 2.45) is 7.05 Å². The Labute approximate surface area is 116 Å². The Morgan fingerprint density at radius 3 is 2.78 bits per heavy atom. The Balaban J connectivity index is 1.89. The van der Waals surface area contributed by atoms with Crippen LogP contribution >= 0.6 is 15.9 Å². The predicted octanol–water partition coefficient (Wildman–Crippen LogP) is 2.50. The van der Waals surface area contributed by atoms with E-state index in [0.29, 0.717) is 12.0 Å². The van der Waals surface area contributed by atoms with E-state index in [2.05, 4.69) is 33.0 Å². The molecule has 4 nitrogen and oxygen atoms in total. The third-order valence-corrected chi connectivity index (χ3v) is 4.87. The minimum atomic E-state index is 0.430. The van der Waals surface area contributed by atoms with Crippen molar-refractivity contribution in [1.82, 2.24) is 15.1 Å². The summed E-state index contributed by atoms with van der Waals surface area (Å²) in [5.74, 6) is 0.584. The van der Waals surface area contributed by atoms with E-state index in [1.807, 2.05) is 0 Å². The summed E-state index contributed by atoms with van der Waals surface area (Å²) >= 11 is 3.78. The van der Waals surface area contributed by atoms with Crippen LogP contribution in [0.5, 0.6) is 0 Å². The number of nitrogens with one attached hydrogen (secondary N) is 1. The summed E-state index contributed by atoms with van der Waals surface area (Å²) < 4.78 is 8.73. The van der Waals surface area contributed by atoms with Crippen LogP contribution in [0.25, 0.3) is 0 Å². The highest BCUT2D eigenvalue weighted by Crippen LogP contribution is 2.37. The minimum Gasteiger partial charge on any atom is -0.381 e. The maximum absolute atomic E-state index is 5.45. The van der Waals surface area contributed by atoms with Crippen molar-refractivity contribution in [2.45, 2.75) is 37.6 Å². The van der Waals surface area contributed by atoms with Gasteiger partial charge in [0.1, 0.15) is 0 Å². The van der Waals surface area contributed by atoms with E-state index in [4.69, 9.17) is 9.84 Å². The van der Waals surface area contributed by atoms with Crippen molar-refractivity contribution in [3.8, 4) is 0 Å². The smallest absolute Gasteiger partial charge is 0.0938 e. The Hall–Kier alpha value is -0.390. The quantitative estimate of drug-likeness (QED) is 0.912. The number of hydrogen-bond donors (Lipinski definition) is 1.